The van der Waals surface area contributed by atoms with E-state index in [1.807, 2.05) is 37.2 Å². The average Bonchev–Trinajstić information content (AvgIpc) is 2.97. The molecule has 1 amide bonds. The minimum absolute atomic E-state index is 0.197. The lowest BCUT2D eigenvalue weighted by atomic mass is 10.1. The van der Waals surface area contributed by atoms with Crippen molar-refractivity contribution in [2.24, 2.45) is 5.92 Å². The summed E-state index contributed by atoms with van der Waals surface area (Å²) in [4.78, 5) is 20.3. The van der Waals surface area contributed by atoms with Gasteiger partial charge < -0.3 is 14.5 Å². The molecule has 1 atom stereocenters. The highest BCUT2D eigenvalue weighted by molar-refractivity contribution is 7.13. The van der Waals surface area contributed by atoms with E-state index in [9.17, 15) is 4.79 Å². The van der Waals surface area contributed by atoms with Crippen LogP contribution in [0.2, 0.25) is 0 Å². The Labute approximate surface area is 124 Å². The van der Waals surface area contributed by atoms with E-state index < -0.39 is 5.60 Å². The van der Waals surface area contributed by atoms with Crippen molar-refractivity contribution in [1.82, 2.24) is 9.88 Å². The van der Waals surface area contributed by atoms with E-state index in [-0.39, 0.29) is 6.09 Å². The molecule has 1 aliphatic rings. The summed E-state index contributed by atoms with van der Waals surface area (Å²) in [5, 5.41) is 3.01. The zero-order valence-corrected chi connectivity index (χ0v) is 13.4. The van der Waals surface area contributed by atoms with Crippen LogP contribution in [0.25, 0.3) is 0 Å². The van der Waals surface area contributed by atoms with Crippen molar-refractivity contribution in [1.29, 1.82) is 0 Å². The molecule has 2 rings (SSSR count). The number of carbonyl (C=O) groups excluding carboxylic acids is 1. The summed E-state index contributed by atoms with van der Waals surface area (Å²) < 4.78 is 5.41. The van der Waals surface area contributed by atoms with Crippen LogP contribution in [-0.4, -0.2) is 48.3 Å². The highest BCUT2D eigenvalue weighted by Crippen LogP contribution is 2.23. The molecule has 2 heterocycles. The van der Waals surface area contributed by atoms with Gasteiger partial charge in [0.05, 0.1) is 0 Å². The first-order valence-corrected chi connectivity index (χ1v) is 7.81. The van der Waals surface area contributed by atoms with E-state index >= 15 is 0 Å². The van der Waals surface area contributed by atoms with Crippen molar-refractivity contribution in [3.05, 3.63) is 11.6 Å². The maximum absolute atomic E-state index is 12.0. The van der Waals surface area contributed by atoms with Gasteiger partial charge in [-0.05, 0) is 33.1 Å². The van der Waals surface area contributed by atoms with Gasteiger partial charge in [0.15, 0.2) is 5.13 Å². The SMILES string of the molecule is CN(C[C@@H]1CCN(C(=O)OC(C)(C)C)C1)c1nccs1. The Morgan fingerprint density at radius 2 is 2.35 bits per heavy atom. The second-order valence-electron chi connectivity index (χ2n) is 6.28. The molecule has 0 saturated carbocycles. The van der Waals surface area contributed by atoms with Gasteiger partial charge in [0.25, 0.3) is 0 Å². The van der Waals surface area contributed by atoms with E-state index in [0.717, 1.165) is 31.2 Å². The van der Waals surface area contributed by atoms with Crippen molar-refractivity contribution in [3.63, 3.8) is 0 Å². The number of anilines is 1. The van der Waals surface area contributed by atoms with Crippen LogP contribution in [0.3, 0.4) is 0 Å². The minimum Gasteiger partial charge on any atom is -0.444 e. The lowest BCUT2D eigenvalue weighted by molar-refractivity contribution is 0.0288. The topological polar surface area (TPSA) is 45.7 Å². The van der Waals surface area contributed by atoms with Crippen molar-refractivity contribution in [2.45, 2.75) is 32.8 Å². The monoisotopic (exact) mass is 297 g/mol. The maximum Gasteiger partial charge on any atom is 0.410 e. The van der Waals surface area contributed by atoms with Crippen LogP contribution in [0.4, 0.5) is 9.93 Å². The van der Waals surface area contributed by atoms with Crippen molar-refractivity contribution in [2.75, 3.05) is 31.6 Å². The molecule has 1 aliphatic heterocycles. The van der Waals surface area contributed by atoms with Crippen molar-refractivity contribution in [3.8, 4) is 0 Å². The van der Waals surface area contributed by atoms with Crippen molar-refractivity contribution < 1.29 is 9.53 Å². The first kappa shape index (κ1) is 15.1. The molecule has 0 radical (unpaired) electrons. The van der Waals surface area contributed by atoms with Gasteiger partial charge in [-0.25, -0.2) is 9.78 Å². The maximum atomic E-state index is 12.0. The molecular formula is C14H23N3O2S. The van der Waals surface area contributed by atoms with E-state index in [1.165, 1.54) is 0 Å². The van der Waals surface area contributed by atoms with Gasteiger partial charge in [-0.1, -0.05) is 0 Å². The molecule has 1 fully saturated rings. The van der Waals surface area contributed by atoms with Gasteiger partial charge in [-0.15, -0.1) is 11.3 Å². The number of amides is 1. The molecular weight excluding hydrogens is 274 g/mol. The molecule has 0 N–H and O–H groups in total. The van der Waals surface area contributed by atoms with Crippen LogP contribution in [0, 0.1) is 5.92 Å². The molecule has 5 nitrogen and oxygen atoms in total. The number of carbonyl (C=O) groups is 1. The molecule has 20 heavy (non-hydrogen) atoms. The Kier molecular flexibility index (Phi) is 4.52. The van der Waals surface area contributed by atoms with Crippen LogP contribution >= 0.6 is 11.3 Å². The number of ether oxygens (including phenoxy) is 1. The number of rotatable bonds is 3. The Balaban J connectivity index is 1.82. The Hall–Kier alpha value is -1.30. The number of likely N-dealkylation sites (tertiary alicyclic amines) is 1. The number of nitrogens with zero attached hydrogens (tertiary/aromatic N) is 3. The molecule has 1 saturated heterocycles. The minimum atomic E-state index is -0.424. The zero-order chi connectivity index (χ0) is 14.8. The number of hydrogen-bond acceptors (Lipinski definition) is 5. The van der Waals surface area contributed by atoms with Crippen LogP contribution in [0.5, 0.6) is 0 Å². The van der Waals surface area contributed by atoms with Crippen LogP contribution < -0.4 is 4.90 Å². The van der Waals surface area contributed by atoms with E-state index in [2.05, 4.69) is 16.9 Å². The fraction of sp³-hybridized carbons (Fsp3) is 0.714. The van der Waals surface area contributed by atoms with E-state index in [1.54, 1.807) is 11.3 Å². The second kappa shape index (κ2) is 5.99. The zero-order valence-electron chi connectivity index (χ0n) is 12.6. The summed E-state index contributed by atoms with van der Waals surface area (Å²) in [5.74, 6) is 0.483. The molecule has 112 valence electrons. The van der Waals surface area contributed by atoms with Gasteiger partial charge in [0, 0.05) is 38.3 Å². The predicted molar refractivity (Wildman–Crippen MR) is 81.3 cm³/mol. The van der Waals surface area contributed by atoms with Crippen LogP contribution in [0.15, 0.2) is 11.6 Å². The Morgan fingerprint density at radius 1 is 1.60 bits per heavy atom. The molecule has 6 heteroatoms. The highest BCUT2D eigenvalue weighted by Gasteiger charge is 2.30. The van der Waals surface area contributed by atoms with Gasteiger partial charge in [-0.2, -0.15) is 0 Å². The largest absolute Gasteiger partial charge is 0.444 e. The van der Waals surface area contributed by atoms with Gasteiger partial charge >= 0.3 is 6.09 Å². The third-order valence-corrected chi connectivity index (χ3v) is 4.10. The molecule has 0 aromatic carbocycles. The third kappa shape index (κ3) is 4.10. The molecule has 0 spiro atoms. The lowest BCUT2D eigenvalue weighted by Gasteiger charge is -2.25. The Morgan fingerprint density at radius 3 is 2.95 bits per heavy atom. The van der Waals surface area contributed by atoms with Crippen LogP contribution in [-0.2, 0) is 4.74 Å². The predicted octanol–water partition coefficient (Wildman–Crippen LogP) is 2.84. The lowest BCUT2D eigenvalue weighted by Crippen LogP contribution is -2.36. The summed E-state index contributed by atoms with van der Waals surface area (Å²) in [5.41, 5.74) is -0.424. The molecule has 0 unspecified atom stereocenters. The Bertz CT molecular complexity index is 442. The number of hydrogen-bond donors (Lipinski definition) is 0. The second-order valence-corrected chi connectivity index (χ2v) is 7.15. The van der Waals surface area contributed by atoms with E-state index in [4.69, 9.17) is 4.74 Å². The quantitative estimate of drug-likeness (QED) is 0.860. The first-order chi connectivity index (χ1) is 9.35. The fourth-order valence-corrected chi connectivity index (χ4v) is 2.96. The summed E-state index contributed by atoms with van der Waals surface area (Å²) in [6, 6.07) is 0. The smallest absolute Gasteiger partial charge is 0.410 e. The summed E-state index contributed by atoms with van der Waals surface area (Å²) >= 11 is 1.64. The van der Waals surface area contributed by atoms with Gasteiger partial charge in [0.1, 0.15) is 5.60 Å². The number of aromatic nitrogens is 1. The normalized spacial score (nSPS) is 19.2. The molecule has 1 aromatic rings. The first-order valence-electron chi connectivity index (χ1n) is 6.94. The van der Waals surface area contributed by atoms with E-state index in [0.29, 0.717) is 5.92 Å². The molecule has 1 aromatic heterocycles. The third-order valence-electron chi connectivity index (χ3n) is 3.22. The number of thiazole rings is 1. The standard InChI is InChI=1S/C14H23N3O2S/c1-14(2,3)19-13(18)17-7-5-11(10-17)9-16(4)12-15-6-8-20-12/h6,8,11H,5,7,9-10H2,1-4H3/t11-/m0/s1. The molecule has 0 aliphatic carbocycles. The van der Waals surface area contributed by atoms with Gasteiger partial charge in [-0.3, -0.25) is 0 Å². The summed E-state index contributed by atoms with van der Waals surface area (Å²) in [6.45, 7) is 8.17. The van der Waals surface area contributed by atoms with Gasteiger partial charge in [0.2, 0.25) is 0 Å². The molecule has 0 bridgehead atoms. The summed E-state index contributed by atoms with van der Waals surface area (Å²) in [6.07, 6.45) is 2.64. The fourth-order valence-electron chi connectivity index (χ4n) is 2.34. The highest BCUT2D eigenvalue weighted by atomic mass is 32.1. The van der Waals surface area contributed by atoms with Crippen molar-refractivity contribution >= 4 is 22.6 Å². The summed E-state index contributed by atoms with van der Waals surface area (Å²) in [7, 11) is 2.05. The van der Waals surface area contributed by atoms with Crippen LogP contribution in [0.1, 0.15) is 27.2 Å². The average molecular weight is 297 g/mol.